The predicted molar refractivity (Wildman–Crippen MR) is 34.5 cm³/mol. The van der Waals surface area contributed by atoms with Crippen LogP contribution in [-0.2, 0) is 0 Å². The molecule has 0 rings (SSSR count). The first-order chi connectivity index (χ1) is 2.83. The molecule has 0 aromatic rings. The first kappa shape index (κ1) is 15.8. The van der Waals surface area contributed by atoms with E-state index in [1.165, 1.54) is 0 Å². The summed E-state index contributed by atoms with van der Waals surface area (Å²) >= 11 is 0. The summed E-state index contributed by atoms with van der Waals surface area (Å²) in [5.41, 5.74) is 0. The van der Waals surface area contributed by atoms with E-state index in [4.69, 9.17) is 0 Å². The maximum absolute atomic E-state index is 4.49. The number of rotatable bonds is 0. The topological polar surface area (TPSA) is 0 Å². The fraction of sp³-hybridized carbons (Fsp3) is 0.167. The second-order valence-electron chi connectivity index (χ2n) is 0.558. The Morgan fingerprint density at radius 1 is 1.86 bits per heavy atom. The van der Waals surface area contributed by atoms with Crippen molar-refractivity contribution < 1.29 is 0 Å². The van der Waals surface area contributed by atoms with Crippen LogP contribution < -0.4 is 0 Å². The summed E-state index contributed by atoms with van der Waals surface area (Å²) in [6.07, 6.45) is 6.99. The molecule has 0 amide bonds. The molecular weight excluding hydrogens is 96.4 g/mol. The molecule has 0 radical (unpaired) electrons. The molecule has 0 heterocycles. The second-order valence-corrected chi connectivity index (χ2v) is 0.558. The van der Waals surface area contributed by atoms with Gasteiger partial charge in [-0.25, -0.2) is 0 Å². The molecule has 0 nitrogen and oxygen atoms in total. The van der Waals surface area contributed by atoms with E-state index in [0.717, 1.165) is 0 Å². The zero-order chi connectivity index (χ0) is 5.41. The van der Waals surface area contributed by atoms with Gasteiger partial charge in [0.2, 0.25) is 0 Å². The summed E-state index contributed by atoms with van der Waals surface area (Å²) in [6, 6.07) is 0. The summed E-state index contributed by atoms with van der Waals surface area (Å²) in [7, 11) is 0. The number of hydrogen-bond donors (Lipinski definition) is 0. The van der Waals surface area contributed by atoms with E-state index < -0.39 is 0 Å². The molecule has 0 atom stereocenters. The van der Waals surface area contributed by atoms with E-state index >= 15 is 0 Å². The van der Waals surface area contributed by atoms with Crippen LogP contribution in [0, 0.1) is 25.3 Å². The van der Waals surface area contributed by atoms with E-state index in [9.17, 15) is 0 Å². The quantitative estimate of drug-likeness (QED) is 0.245. The third kappa shape index (κ3) is 22600. The molecule has 0 unspecified atom stereocenters. The van der Waals surface area contributed by atoms with Crippen molar-refractivity contribution in [2.24, 2.45) is 0 Å². The van der Waals surface area contributed by atoms with E-state index in [0.29, 0.717) is 0 Å². The average molecular weight is 104 g/mol. The van der Waals surface area contributed by atoms with Crippen molar-refractivity contribution in [3.63, 3.8) is 0 Å². The van der Waals surface area contributed by atoms with E-state index in [-0.39, 0.29) is 23.1 Å². The molecule has 0 fully saturated rings. The molecule has 0 N–H and O–H groups in total. The maximum atomic E-state index is 4.49. The molecule has 7 heavy (non-hydrogen) atoms. The van der Waals surface area contributed by atoms with Gasteiger partial charge in [0.25, 0.3) is 0 Å². The van der Waals surface area contributed by atoms with Gasteiger partial charge in [-0.05, 0) is 0 Å². The largest absolute Gasteiger partial charge is 2.00 e. The molecule has 1 heteroatoms. The molecule has 0 saturated carbocycles. The van der Waals surface area contributed by atoms with Crippen LogP contribution in [0.5, 0.6) is 0 Å². The molecule has 0 saturated heterocycles. The van der Waals surface area contributed by atoms with Gasteiger partial charge in [0, 0.05) is 0 Å². The Kier molecular flexibility index (Phi) is 87.0. The summed E-state index contributed by atoms with van der Waals surface area (Å²) in [4.78, 5) is 0. The van der Waals surface area contributed by atoms with Gasteiger partial charge < -0.3 is 18.4 Å². The summed E-state index contributed by atoms with van der Waals surface area (Å²) in [5.74, 6) is 2.00. The monoisotopic (exact) mass is 104 g/mol. The van der Waals surface area contributed by atoms with Gasteiger partial charge in [0.1, 0.15) is 0 Å². The molecular formula is C6H8Mg. The summed E-state index contributed by atoms with van der Waals surface area (Å²) < 4.78 is 0. The Hall–Kier alpha value is -0.0638. The van der Waals surface area contributed by atoms with E-state index in [2.05, 4.69) is 26.0 Å². The van der Waals surface area contributed by atoms with Crippen molar-refractivity contribution in [3.05, 3.63) is 19.6 Å². The van der Waals surface area contributed by atoms with Crippen LogP contribution in [0.4, 0.5) is 0 Å². The molecule has 0 aliphatic heterocycles. The predicted octanol–water partition coefficient (Wildman–Crippen LogP) is 1.07. The van der Waals surface area contributed by atoms with Gasteiger partial charge in [-0.2, -0.15) is 13.8 Å². The normalized spacial score (nSPS) is 2.86. The van der Waals surface area contributed by atoms with Gasteiger partial charge >= 0.3 is 23.1 Å². The van der Waals surface area contributed by atoms with Gasteiger partial charge in [-0.15, -0.1) is 0 Å². The molecule has 0 spiro atoms. The summed E-state index contributed by atoms with van der Waals surface area (Å²) in [6.45, 7) is 8.01. The van der Waals surface area contributed by atoms with Gasteiger partial charge in [-0.1, -0.05) is 0 Å². The van der Waals surface area contributed by atoms with Gasteiger partial charge in [-0.3, -0.25) is 6.58 Å². The zero-order valence-electron chi connectivity index (χ0n) is 4.70. The number of hydrogen-bond acceptors (Lipinski definition) is 0. The minimum absolute atomic E-state index is 0. The molecule has 0 aliphatic rings. The van der Waals surface area contributed by atoms with Gasteiger partial charge in [0.15, 0.2) is 0 Å². The smallest absolute Gasteiger partial charge is 0.507 e. The van der Waals surface area contributed by atoms with Crippen LogP contribution in [0.25, 0.3) is 0 Å². The van der Waals surface area contributed by atoms with Crippen molar-refractivity contribution in [1.29, 1.82) is 0 Å². The fourth-order valence-electron chi connectivity index (χ4n) is 0. The van der Waals surface area contributed by atoms with E-state index in [1.54, 1.807) is 6.92 Å². The van der Waals surface area contributed by atoms with Crippen LogP contribution >= 0.6 is 0 Å². The zero-order valence-corrected chi connectivity index (χ0v) is 6.11. The minimum atomic E-state index is 0. The number of allylic oxidation sites excluding steroid dienone is 1. The molecule has 0 aliphatic carbocycles. The standard InChI is InChI=1S/C3H5.C3H3.Mg/c2*1-3-2;/h1H2,2H3;1H,2H2;/q2*-1;+2. The van der Waals surface area contributed by atoms with Crippen LogP contribution in [-0.4, -0.2) is 23.1 Å². The Morgan fingerprint density at radius 2 is 1.86 bits per heavy atom. The van der Waals surface area contributed by atoms with Crippen molar-refractivity contribution in [2.75, 3.05) is 0 Å². The SMILES string of the molecule is C#C[CH2-].C=[C-]C.[Mg+2]. The Morgan fingerprint density at radius 3 is 1.86 bits per heavy atom. The Bertz CT molecular complexity index is 49.7. The molecule has 0 bridgehead atoms. The fourth-order valence-corrected chi connectivity index (χ4v) is 0. The van der Waals surface area contributed by atoms with Crippen LogP contribution in [0.15, 0.2) is 6.58 Å². The van der Waals surface area contributed by atoms with Crippen molar-refractivity contribution in [2.45, 2.75) is 6.92 Å². The molecule has 0 aromatic carbocycles. The van der Waals surface area contributed by atoms with Crippen LogP contribution in [0.2, 0.25) is 0 Å². The second kappa shape index (κ2) is 38.6. The first-order valence-electron chi connectivity index (χ1n) is 1.50. The summed E-state index contributed by atoms with van der Waals surface area (Å²) in [5, 5.41) is 0. The van der Waals surface area contributed by atoms with Gasteiger partial charge in [0.05, 0.1) is 0 Å². The Labute approximate surface area is 62.1 Å². The average Bonchev–Trinajstić information content (AvgIpc) is 1.39. The third-order valence-corrected chi connectivity index (χ3v) is 0. The maximum Gasteiger partial charge on any atom is 2.00 e. The Balaban J connectivity index is -0.0000000400. The van der Waals surface area contributed by atoms with Crippen molar-refractivity contribution >= 4 is 23.1 Å². The molecule has 34 valence electrons. The van der Waals surface area contributed by atoms with Crippen molar-refractivity contribution in [3.8, 4) is 12.3 Å². The van der Waals surface area contributed by atoms with Crippen LogP contribution in [0.1, 0.15) is 6.92 Å². The first-order valence-corrected chi connectivity index (χ1v) is 1.50. The number of terminal acetylenes is 1. The third-order valence-electron chi connectivity index (χ3n) is 0. The van der Waals surface area contributed by atoms with Crippen LogP contribution in [0.3, 0.4) is 0 Å². The van der Waals surface area contributed by atoms with E-state index in [1.807, 2.05) is 5.92 Å². The minimum Gasteiger partial charge on any atom is -0.507 e. The van der Waals surface area contributed by atoms with Crippen molar-refractivity contribution in [1.82, 2.24) is 0 Å². The molecule has 0 aromatic heterocycles.